The van der Waals surface area contributed by atoms with E-state index in [9.17, 15) is 14.4 Å². The van der Waals surface area contributed by atoms with Gasteiger partial charge in [-0.15, -0.1) is 0 Å². The van der Waals surface area contributed by atoms with Crippen LogP contribution in [0.3, 0.4) is 0 Å². The van der Waals surface area contributed by atoms with Crippen LogP contribution >= 0.6 is 0 Å². The van der Waals surface area contributed by atoms with E-state index in [2.05, 4.69) is 22.8 Å². The van der Waals surface area contributed by atoms with E-state index in [1.54, 1.807) is 17.6 Å². The van der Waals surface area contributed by atoms with Gasteiger partial charge in [0, 0.05) is 42.6 Å². The summed E-state index contributed by atoms with van der Waals surface area (Å²) in [5.41, 5.74) is 3.10. The second kappa shape index (κ2) is 11.9. The molecule has 4 aliphatic rings. The van der Waals surface area contributed by atoms with Gasteiger partial charge in [-0.3, -0.25) is 14.5 Å². The highest BCUT2D eigenvalue weighted by atomic mass is 16.6. The summed E-state index contributed by atoms with van der Waals surface area (Å²) in [6.07, 6.45) is 7.33. The summed E-state index contributed by atoms with van der Waals surface area (Å²) in [6.45, 7) is 10.5. The molecule has 238 valence electrons. The van der Waals surface area contributed by atoms with E-state index in [-0.39, 0.29) is 18.6 Å². The summed E-state index contributed by atoms with van der Waals surface area (Å²) in [7, 11) is 0. The molecule has 6 heterocycles. The van der Waals surface area contributed by atoms with Gasteiger partial charge < -0.3 is 23.7 Å². The van der Waals surface area contributed by atoms with Crippen LogP contribution in [-0.4, -0.2) is 70.2 Å². The lowest BCUT2D eigenvalue weighted by molar-refractivity contribution is -0.188. The van der Waals surface area contributed by atoms with Gasteiger partial charge >= 0.3 is 11.9 Å². The first-order valence-corrected chi connectivity index (χ1v) is 16.5. The number of carbonyl (C=O) groups excluding carboxylic acids is 2. The first kappa shape index (κ1) is 29.9. The van der Waals surface area contributed by atoms with Crippen LogP contribution in [-0.2, 0) is 44.2 Å². The predicted molar refractivity (Wildman–Crippen MR) is 169 cm³/mol. The first-order chi connectivity index (χ1) is 21.8. The van der Waals surface area contributed by atoms with Gasteiger partial charge in [0.25, 0.3) is 5.56 Å². The number of nitrogens with zero attached hydrogens (tertiary/aromatic N) is 4. The summed E-state index contributed by atoms with van der Waals surface area (Å²) >= 11 is 0. The third kappa shape index (κ3) is 5.12. The third-order valence-corrected chi connectivity index (χ3v) is 10.3. The van der Waals surface area contributed by atoms with E-state index < -0.39 is 17.5 Å². The third-order valence-electron chi connectivity index (χ3n) is 10.3. The Bertz CT molecular complexity index is 1720. The van der Waals surface area contributed by atoms with E-state index >= 15 is 0 Å². The molecule has 0 bridgehead atoms. The van der Waals surface area contributed by atoms with Gasteiger partial charge in [-0.05, 0) is 81.4 Å². The number of cyclic esters (lactones) is 1. The minimum absolute atomic E-state index is 0.152. The lowest BCUT2D eigenvalue weighted by Crippen LogP contribution is -2.47. The largest absolute Gasteiger partial charge is 0.478 e. The normalized spacial score (nSPS) is 22.1. The number of aromatic nitrogens is 2. The smallest absolute Gasteiger partial charge is 0.355 e. The summed E-state index contributed by atoms with van der Waals surface area (Å²) in [6, 6.07) is 8.54. The van der Waals surface area contributed by atoms with E-state index in [0.717, 1.165) is 53.0 Å². The predicted octanol–water partition coefficient (Wildman–Crippen LogP) is 4.50. The number of rotatable bonds is 7. The van der Waals surface area contributed by atoms with Crippen LogP contribution in [0.2, 0.25) is 0 Å². The Morgan fingerprint density at radius 3 is 2.53 bits per heavy atom. The number of benzene rings is 1. The molecule has 0 saturated carbocycles. The molecule has 2 saturated heterocycles. The van der Waals surface area contributed by atoms with Crippen molar-refractivity contribution in [2.24, 2.45) is 0 Å². The van der Waals surface area contributed by atoms with Crippen LogP contribution in [0.25, 0.3) is 22.3 Å². The Balaban J connectivity index is 1.16. The molecule has 45 heavy (non-hydrogen) atoms. The fraction of sp³-hybridized carbons (Fsp3) is 0.543. The average molecular weight is 615 g/mol. The number of esters is 2. The number of piperidine rings is 2. The maximum atomic E-state index is 13.8. The monoisotopic (exact) mass is 614 g/mol. The second-order valence-corrected chi connectivity index (χ2v) is 12.8. The van der Waals surface area contributed by atoms with E-state index in [0.29, 0.717) is 36.1 Å². The van der Waals surface area contributed by atoms with Crippen molar-refractivity contribution in [1.82, 2.24) is 19.4 Å². The second-order valence-electron chi connectivity index (χ2n) is 12.8. The van der Waals surface area contributed by atoms with Gasteiger partial charge in [0.2, 0.25) is 5.60 Å². The van der Waals surface area contributed by atoms with Gasteiger partial charge in [-0.25, -0.2) is 9.78 Å². The number of aryl methyl sites for hydroxylation is 1. The zero-order valence-corrected chi connectivity index (χ0v) is 26.5. The fourth-order valence-electron chi connectivity index (χ4n) is 7.90. The van der Waals surface area contributed by atoms with Crippen molar-refractivity contribution in [1.29, 1.82) is 0 Å². The SMILES string of the molecule is CCc1c2c(nc3ccc(OCN4CCC(N5CCCCC5)CC4)cc13)-c1cc3c(c(=O)n1C2)COC(=O)C3(CC)OC(C)=O. The Morgan fingerprint density at radius 1 is 1.04 bits per heavy atom. The maximum absolute atomic E-state index is 13.8. The van der Waals surface area contributed by atoms with Gasteiger partial charge in [0.15, 0.2) is 0 Å². The number of ether oxygens (including phenoxy) is 3. The molecule has 0 spiro atoms. The van der Waals surface area contributed by atoms with Crippen LogP contribution in [0.4, 0.5) is 0 Å². The van der Waals surface area contributed by atoms with Crippen molar-refractivity contribution in [2.45, 2.75) is 90.5 Å². The number of hydrogen-bond donors (Lipinski definition) is 0. The molecule has 1 atom stereocenters. The summed E-state index contributed by atoms with van der Waals surface area (Å²) in [5, 5.41) is 1.02. The molecule has 0 N–H and O–H groups in total. The summed E-state index contributed by atoms with van der Waals surface area (Å²) < 4.78 is 19.0. The lowest BCUT2D eigenvalue weighted by Gasteiger charge is -2.40. The molecule has 4 aliphatic heterocycles. The number of fused-ring (bicyclic) bond motifs is 5. The Hall–Kier alpha value is -3.76. The Labute approximate surface area is 263 Å². The molecule has 7 rings (SSSR count). The van der Waals surface area contributed by atoms with Crippen LogP contribution in [0.1, 0.15) is 81.5 Å². The molecule has 10 heteroatoms. The zero-order valence-electron chi connectivity index (χ0n) is 26.5. The molecule has 0 aliphatic carbocycles. The highest BCUT2D eigenvalue weighted by molar-refractivity contribution is 5.90. The van der Waals surface area contributed by atoms with Gasteiger partial charge in [-0.1, -0.05) is 20.3 Å². The van der Waals surface area contributed by atoms with Crippen LogP contribution in [0.15, 0.2) is 29.1 Å². The quantitative estimate of drug-likeness (QED) is 0.279. The molecule has 0 radical (unpaired) electrons. The Morgan fingerprint density at radius 2 is 1.82 bits per heavy atom. The number of carbonyl (C=O) groups is 2. The van der Waals surface area contributed by atoms with Gasteiger partial charge in [0.1, 0.15) is 19.1 Å². The topological polar surface area (TPSA) is 103 Å². The fourth-order valence-corrected chi connectivity index (χ4v) is 7.90. The van der Waals surface area contributed by atoms with E-state index in [1.807, 2.05) is 12.1 Å². The number of pyridine rings is 2. The van der Waals surface area contributed by atoms with Crippen molar-refractivity contribution in [3.8, 4) is 17.1 Å². The number of likely N-dealkylation sites (tertiary alicyclic amines) is 2. The summed E-state index contributed by atoms with van der Waals surface area (Å²) in [5.74, 6) is -0.458. The van der Waals surface area contributed by atoms with Crippen LogP contribution in [0.5, 0.6) is 5.75 Å². The average Bonchev–Trinajstić information content (AvgIpc) is 3.43. The molecule has 1 unspecified atom stereocenters. The van der Waals surface area contributed by atoms with E-state index in [4.69, 9.17) is 19.2 Å². The molecule has 10 nitrogen and oxygen atoms in total. The van der Waals surface area contributed by atoms with Gasteiger partial charge in [-0.2, -0.15) is 0 Å². The maximum Gasteiger partial charge on any atom is 0.355 e. The van der Waals surface area contributed by atoms with Crippen LogP contribution in [0, 0.1) is 0 Å². The van der Waals surface area contributed by atoms with Crippen LogP contribution < -0.4 is 10.3 Å². The van der Waals surface area contributed by atoms with Crippen molar-refractivity contribution in [3.63, 3.8) is 0 Å². The Kier molecular flexibility index (Phi) is 7.90. The standard InChI is InChI=1S/C35H42N4O6/c1-4-25-26-17-24(44-21-37-15-11-23(12-16-37)38-13-7-6-8-14-38)9-10-30(26)36-32-27(25)19-39-31(32)18-29-28(33(39)41)20-43-34(42)35(29,5-2)45-22(3)40/h9-10,17-18,23H,4-8,11-16,19-21H2,1-3H3. The highest BCUT2D eigenvalue weighted by Crippen LogP contribution is 2.42. The van der Waals surface area contributed by atoms with Crippen molar-refractivity contribution < 1.29 is 23.8 Å². The molecular weight excluding hydrogens is 572 g/mol. The highest BCUT2D eigenvalue weighted by Gasteiger charge is 2.50. The van der Waals surface area contributed by atoms with E-state index in [1.165, 1.54) is 52.1 Å². The lowest BCUT2D eigenvalue weighted by atomic mass is 9.85. The minimum Gasteiger partial charge on any atom is -0.478 e. The van der Waals surface area contributed by atoms with Crippen molar-refractivity contribution in [2.75, 3.05) is 32.9 Å². The molecule has 2 fully saturated rings. The first-order valence-electron chi connectivity index (χ1n) is 16.5. The molecule has 0 amide bonds. The summed E-state index contributed by atoms with van der Waals surface area (Å²) in [4.78, 5) is 49.0. The molecule has 2 aromatic heterocycles. The zero-order chi connectivity index (χ0) is 31.3. The molecule has 3 aromatic rings. The van der Waals surface area contributed by atoms with Crippen molar-refractivity contribution >= 4 is 22.8 Å². The number of hydrogen-bond acceptors (Lipinski definition) is 9. The van der Waals surface area contributed by atoms with Gasteiger partial charge in [0.05, 0.1) is 29.0 Å². The minimum atomic E-state index is -1.66. The molecular formula is C35H42N4O6. The molecule has 1 aromatic carbocycles. The van der Waals surface area contributed by atoms with Crippen molar-refractivity contribution in [3.05, 3.63) is 56.9 Å².